The van der Waals surface area contributed by atoms with Gasteiger partial charge < -0.3 is 14.8 Å². The van der Waals surface area contributed by atoms with Crippen molar-refractivity contribution in [3.63, 3.8) is 0 Å². The molecular weight excluding hydrogens is 266 g/mol. The monoisotopic (exact) mass is 285 g/mol. The first-order valence-corrected chi connectivity index (χ1v) is 6.97. The predicted octanol–water partition coefficient (Wildman–Crippen LogP) is 3.11. The molecule has 2 rings (SSSR count). The van der Waals surface area contributed by atoms with Crippen molar-refractivity contribution < 1.29 is 14.3 Å². The van der Waals surface area contributed by atoms with Crippen LogP contribution in [0.2, 0.25) is 0 Å². The van der Waals surface area contributed by atoms with Crippen LogP contribution in [0.1, 0.15) is 6.42 Å². The number of carbonyl (C=O) groups excluding carboxylic acids is 1. The Hall–Kier alpha value is -2.49. The van der Waals surface area contributed by atoms with Crippen LogP contribution < -0.4 is 10.1 Å². The number of hydrogen-bond donors (Lipinski definition) is 1. The molecule has 0 unspecified atom stereocenters. The Morgan fingerprint density at radius 3 is 2.29 bits per heavy atom. The maximum atomic E-state index is 11.5. The maximum Gasteiger partial charge on any atom is 0.307 e. The second-order valence-electron chi connectivity index (χ2n) is 4.42. The van der Waals surface area contributed by atoms with E-state index >= 15 is 0 Å². The number of para-hydroxylation sites is 2. The van der Waals surface area contributed by atoms with Gasteiger partial charge in [-0.25, -0.2) is 0 Å². The molecule has 110 valence electrons. The molecule has 21 heavy (non-hydrogen) atoms. The van der Waals surface area contributed by atoms with Crippen molar-refractivity contribution in [2.75, 3.05) is 25.1 Å². The third kappa shape index (κ3) is 5.99. The van der Waals surface area contributed by atoms with E-state index in [2.05, 4.69) is 5.32 Å². The second kappa shape index (κ2) is 8.64. The van der Waals surface area contributed by atoms with Gasteiger partial charge in [0, 0.05) is 12.2 Å². The van der Waals surface area contributed by atoms with Crippen LogP contribution in [0.15, 0.2) is 60.7 Å². The molecule has 0 aliphatic carbocycles. The molecule has 1 N–H and O–H groups in total. The third-order valence-corrected chi connectivity index (χ3v) is 2.79. The molecule has 0 atom stereocenters. The van der Waals surface area contributed by atoms with E-state index in [4.69, 9.17) is 9.47 Å². The third-order valence-electron chi connectivity index (χ3n) is 2.79. The number of anilines is 1. The largest absolute Gasteiger partial charge is 0.490 e. The van der Waals surface area contributed by atoms with E-state index in [1.807, 2.05) is 60.7 Å². The highest BCUT2D eigenvalue weighted by atomic mass is 16.6. The molecule has 2 aromatic carbocycles. The fraction of sp³-hybridized carbons (Fsp3) is 0.235. The number of carbonyl (C=O) groups is 1. The van der Waals surface area contributed by atoms with Gasteiger partial charge in [-0.2, -0.15) is 0 Å². The van der Waals surface area contributed by atoms with Gasteiger partial charge in [-0.1, -0.05) is 36.4 Å². The number of esters is 1. The van der Waals surface area contributed by atoms with Gasteiger partial charge in [0.25, 0.3) is 0 Å². The van der Waals surface area contributed by atoms with Gasteiger partial charge in [0.1, 0.15) is 19.0 Å². The smallest absolute Gasteiger partial charge is 0.307 e. The van der Waals surface area contributed by atoms with Gasteiger partial charge in [0.15, 0.2) is 0 Å². The van der Waals surface area contributed by atoms with Crippen molar-refractivity contribution in [3.8, 4) is 5.75 Å². The number of benzene rings is 2. The zero-order valence-electron chi connectivity index (χ0n) is 11.8. The van der Waals surface area contributed by atoms with Gasteiger partial charge in [-0.15, -0.1) is 0 Å². The Morgan fingerprint density at radius 1 is 0.905 bits per heavy atom. The summed E-state index contributed by atoms with van der Waals surface area (Å²) < 4.78 is 10.5. The highest BCUT2D eigenvalue weighted by Crippen LogP contribution is 2.08. The van der Waals surface area contributed by atoms with E-state index in [1.54, 1.807) is 0 Å². The normalized spacial score (nSPS) is 9.90. The molecule has 0 fully saturated rings. The molecule has 0 saturated heterocycles. The van der Waals surface area contributed by atoms with Crippen molar-refractivity contribution in [2.24, 2.45) is 0 Å². The molecule has 0 radical (unpaired) electrons. The molecule has 4 heteroatoms. The van der Waals surface area contributed by atoms with E-state index in [-0.39, 0.29) is 12.6 Å². The summed E-state index contributed by atoms with van der Waals surface area (Å²) >= 11 is 0. The quantitative estimate of drug-likeness (QED) is 0.598. The van der Waals surface area contributed by atoms with Crippen LogP contribution in [0.3, 0.4) is 0 Å². The summed E-state index contributed by atoms with van der Waals surface area (Å²) in [7, 11) is 0. The Kier molecular flexibility index (Phi) is 6.13. The average molecular weight is 285 g/mol. The number of rotatable bonds is 8. The molecule has 0 aromatic heterocycles. The molecule has 0 aliphatic rings. The van der Waals surface area contributed by atoms with E-state index in [9.17, 15) is 4.79 Å². The molecule has 2 aromatic rings. The lowest BCUT2D eigenvalue weighted by Crippen LogP contribution is -2.15. The predicted molar refractivity (Wildman–Crippen MR) is 82.4 cm³/mol. The van der Waals surface area contributed by atoms with E-state index in [0.717, 1.165) is 11.4 Å². The van der Waals surface area contributed by atoms with Crippen LogP contribution in [-0.2, 0) is 9.53 Å². The van der Waals surface area contributed by atoms with E-state index in [0.29, 0.717) is 19.6 Å². The van der Waals surface area contributed by atoms with Crippen LogP contribution >= 0.6 is 0 Å². The van der Waals surface area contributed by atoms with Crippen molar-refractivity contribution in [3.05, 3.63) is 60.7 Å². The Morgan fingerprint density at radius 2 is 1.57 bits per heavy atom. The van der Waals surface area contributed by atoms with Crippen LogP contribution in [0.4, 0.5) is 5.69 Å². The lowest BCUT2D eigenvalue weighted by atomic mass is 10.3. The van der Waals surface area contributed by atoms with Crippen molar-refractivity contribution in [1.82, 2.24) is 0 Å². The summed E-state index contributed by atoms with van der Waals surface area (Å²) in [6.07, 6.45) is 0.334. The summed E-state index contributed by atoms with van der Waals surface area (Å²) in [6, 6.07) is 19.2. The molecule has 0 bridgehead atoms. The number of hydrogen-bond acceptors (Lipinski definition) is 4. The van der Waals surface area contributed by atoms with Crippen LogP contribution in [0.5, 0.6) is 5.75 Å². The molecule has 0 aliphatic heterocycles. The molecule has 0 heterocycles. The lowest BCUT2D eigenvalue weighted by molar-refractivity contribution is -0.144. The van der Waals surface area contributed by atoms with E-state index < -0.39 is 0 Å². The van der Waals surface area contributed by atoms with Crippen LogP contribution in [0.25, 0.3) is 0 Å². The summed E-state index contributed by atoms with van der Waals surface area (Å²) in [6.45, 7) is 1.18. The fourth-order valence-electron chi connectivity index (χ4n) is 1.77. The summed E-state index contributed by atoms with van der Waals surface area (Å²) in [4.78, 5) is 11.5. The highest BCUT2D eigenvalue weighted by Gasteiger charge is 2.02. The molecule has 0 spiro atoms. The van der Waals surface area contributed by atoms with Gasteiger partial charge >= 0.3 is 5.97 Å². The SMILES string of the molecule is O=C(CCNc1ccccc1)OCCOc1ccccc1. The molecule has 0 amide bonds. The van der Waals surface area contributed by atoms with E-state index in [1.165, 1.54) is 0 Å². The first-order chi connectivity index (χ1) is 10.3. The summed E-state index contributed by atoms with van der Waals surface area (Å²) in [5.41, 5.74) is 0.998. The highest BCUT2D eigenvalue weighted by molar-refractivity contribution is 5.70. The average Bonchev–Trinajstić information content (AvgIpc) is 2.54. The summed E-state index contributed by atoms with van der Waals surface area (Å²) in [5, 5.41) is 3.16. The number of nitrogens with one attached hydrogen (secondary N) is 1. The zero-order valence-corrected chi connectivity index (χ0v) is 11.8. The van der Waals surface area contributed by atoms with Gasteiger partial charge in [0.2, 0.25) is 0 Å². The minimum Gasteiger partial charge on any atom is -0.490 e. The van der Waals surface area contributed by atoms with Gasteiger partial charge in [0.05, 0.1) is 6.42 Å². The topological polar surface area (TPSA) is 47.6 Å². The Bertz CT molecular complexity index is 528. The molecule has 4 nitrogen and oxygen atoms in total. The zero-order chi connectivity index (χ0) is 14.8. The van der Waals surface area contributed by atoms with Crippen molar-refractivity contribution >= 4 is 11.7 Å². The second-order valence-corrected chi connectivity index (χ2v) is 4.42. The molecular formula is C17H19NO3. The molecule has 0 saturated carbocycles. The summed E-state index contributed by atoms with van der Waals surface area (Å²) in [5.74, 6) is 0.550. The van der Waals surface area contributed by atoms with Crippen LogP contribution in [0, 0.1) is 0 Å². The van der Waals surface area contributed by atoms with Gasteiger partial charge in [-0.05, 0) is 24.3 Å². The first kappa shape index (κ1) is 14.9. The maximum absolute atomic E-state index is 11.5. The van der Waals surface area contributed by atoms with Crippen molar-refractivity contribution in [2.45, 2.75) is 6.42 Å². The Labute approximate surface area is 124 Å². The number of ether oxygens (including phenoxy) is 2. The first-order valence-electron chi connectivity index (χ1n) is 6.97. The fourth-order valence-corrected chi connectivity index (χ4v) is 1.77. The minimum atomic E-state index is -0.227. The van der Waals surface area contributed by atoms with Crippen molar-refractivity contribution in [1.29, 1.82) is 0 Å². The lowest BCUT2D eigenvalue weighted by Gasteiger charge is -2.08. The minimum absolute atomic E-state index is 0.227. The Balaban J connectivity index is 1.54. The van der Waals surface area contributed by atoms with Gasteiger partial charge in [-0.3, -0.25) is 4.79 Å². The van der Waals surface area contributed by atoms with Crippen LogP contribution in [-0.4, -0.2) is 25.7 Å². The standard InChI is InChI=1S/C17H19NO3/c19-17(11-12-18-15-7-3-1-4-8-15)21-14-13-20-16-9-5-2-6-10-16/h1-10,18H,11-14H2.